The Hall–Kier alpha value is -1.89. The first-order chi connectivity index (χ1) is 11.1. The second-order valence-corrected chi connectivity index (χ2v) is 6.00. The van der Waals surface area contributed by atoms with Crippen LogP contribution < -0.4 is 5.32 Å². The number of hydrogen-bond acceptors (Lipinski definition) is 5. The summed E-state index contributed by atoms with van der Waals surface area (Å²) in [6.07, 6.45) is 1.22. The van der Waals surface area contributed by atoms with Crippen LogP contribution in [0.25, 0.3) is 0 Å². The van der Waals surface area contributed by atoms with E-state index in [2.05, 4.69) is 15.4 Å². The van der Waals surface area contributed by atoms with Gasteiger partial charge in [0, 0.05) is 24.2 Å². The van der Waals surface area contributed by atoms with Gasteiger partial charge in [0.05, 0.1) is 18.8 Å². The largest absolute Gasteiger partial charge is 0.373 e. The van der Waals surface area contributed by atoms with Crippen molar-refractivity contribution in [3.05, 3.63) is 52.9 Å². The highest BCUT2D eigenvalue weighted by molar-refractivity contribution is 6.30. The van der Waals surface area contributed by atoms with Gasteiger partial charge in [0.2, 0.25) is 0 Å². The molecular formula is C16H18ClN3O3. The van der Waals surface area contributed by atoms with Crippen LogP contribution >= 0.6 is 11.6 Å². The molecule has 1 aliphatic rings. The SMILES string of the molecule is CN1CCO[C@H]([C@@H](NC(=O)c2ccon2)c2ccc(Cl)cc2)C1. The van der Waals surface area contributed by atoms with Gasteiger partial charge in [-0.05, 0) is 24.7 Å². The third kappa shape index (κ3) is 3.90. The van der Waals surface area contributed by atoms with Gasteiger partial charge in [-0.3, -0.25) is 4.79 Å². The Morgan fingerprint density at radius 3 is 2.83 bits per heavy atom. The third-order valence-electron chi connectivity index (χ3n) is 3.85. The Morgan fingerprint density at radius 2 is 2.17 bits per heavy atom. The lowest BCUT2D eigenvalue weighted by molar-refractivity contribution is -0.0381. The maximum Gasteiger partial charge on any atom is 0.274 e. The molecule has 2 aromatic rings. The Bertz CT molecular complexity index is 645. The van der Waals surface area contributed by atoms with Crippen LogP contribution in [0, 0.1) is 0 Å². The molecule has 1 saturated heterocycles. The van der Waals surface area contributed by atoms with Gasteiger partial charge in [0.15, 0.2) is 5.69 Å². The smallest absolute Gasteiger partial charge is 0.274 e. The standard InChI is InChI=1S/C16H18ClN3O3/c1-20-7-9-22-14(10-20)15(11-2-4-12(17)5-3-11)18-16(21)13-6-8-23-19-13/h2-6,8,14-15H,7,9-10H2,1H3,(H,18,21)/t14-,15-/m0/s1. The van der Waals surface area contributed by atoms with Crippen LogP contribution in [0.1, 0.15) is 22.1 Å². The number of ether oxygens (including phenoxy) is 1. The highest BCUT2D eigenvalue weighted by atomic mass is 35.5. The van der Waals surface area contributed by atoms with Gasteiger partial charge in [-0.2, -0.15) is 0 Å². The molecule has 1 fully saturated rings. The van der Waals surface area contributed by atoms with Crippen molar-refractivity contribution >= 4 is 17.5 Å². The highest BCUT2D eigenvalue weighted by Crippen LogP contribution is 2.24. The lowest BCUT2D eigenvalue weighted by atomic mass is 9.99. The van der Waals surface area contributed by atoms with Crippen LogP contribution in [-0.4, -0.2) is 48.8 Å². The Kier molecular flexibility index (Phi) is 4.95. The van der Waals surface area contributed by atoms with Crippen LogP contribution in [0.2, 0.25) is 5.02 Å². The van der Waals surface area contributed by atoms with Gasteiger partial charge < -0.3 is 19.5 Å². The zero-order chi connectivity index (χ0) is 16.2. The van der Waals surface area contributed by atoms with Gasteiger partial charge in [-0.15, -0.1) is 0 Å². The third-order valence-corrected chi connectivity index (χ3v) is 4.11. The first-order valence-electron chi connectivity index (χ1n) is 7.40. The van der Waals surface area contributed by atoms with E-state index in [9.17, 15) is 4.79 Å². The van der Waals surface area contributed by atoms with Crippen LogP contribution in [0.4, 0.5) is 0 Å². The minimum Gasteiger partial charge on any atom is -0.373 e. The molecule has 1 aromatic carbocycles. The number of nitrogens with one attached hydrogen (secondary N) is 1. The summed E-state index contributed by atoms with van der Waals surface area (Å²) in [4.78, 5) is 14.5. The molecule has 122 valence electrons. The molecule has 0 radical (unpaired) electrons. The number of morpholine rings is 1. The monoisotopic (exact) mass is 335 g/mol. The fraction of sp³-hybridized carbons (Fsp3) is 0.375. The first-order valence-corrected chi connectivity index (χ1v) is 7.78. The molecule has 0 aliphatic carbocycles. The number of hydrogen-bond donors (Lipinski definition) is 1. The molecule has 0 unspecified atom stereocenters. The lowest BCUT2D eigenvalue weighted by Gasteiger charge is -2.35. The number of amides is 1. The van der Waals surface area contributed by atoms with Gasteiger partial charge >= 0.3 is 0 Å². The van der Waals surface area contributed by atoms with E-state index in [0.717, 1.165) is 18.7 Å². The van der Waals surface area contributed by atoms with Crippen molar-refractivity contribution in [2.75, 3.05) is 26.7 Å². The van der Waals surface area contributed by atoms with E-state index in [4.69, 9.17) is 20.9 Å². The van der Waals surface area contributed by atoms with Crippen LogP contribution in [0.15, 0.2) is 41.1 Å². The van der Waals surface area contributed by atoms with Crippen molar-refractivity contribution in [3.8, 4) is 0 Å². The molecule has 0 bridgehead atoms. The zero-order valence-corrected chi connectivity index (χ0v) is 13.5. The quantitative estimate of drug-likeness (QED) is 0.927. The van der Waals surface area contributed by atoms with Crippen molar-refractivity contribution in [1.29, 1.82) is 0 Å². The van der Waals surface area contributed by atoms with E-state index in [-0.39, 0.29) is 23.7 Å². The molecule has 6 nitrogen and oxygen atoms in total. The summed E-state index contributed by atoms with van der Waals surface area (Å²) in [6.45, 7) is 2.23. The first kappa shape index (κ1) is 16.0. The number of nitrogens with zero attached hydrogens (tertiary/aromatic N) is 2. The lowest BCUT2D eigenvalue weighted by Crippen LogP contribution is -2.48. The van der Waals surface area contributed by atoms with Crippen molar-refractivity contribution in [2.45, 2.75) is 12.1 Å². The van der Waals surface area contributed by atoms with E-state index >= 15 is 0 Å². The van der Waals surface area contributed by atoms with E-state index in [1.807, 2.05) is 19.2 Å². The van der Waals surface area contributed by atoms with E-state index in [1.54, 1.807) is 12.1 Å². The van der Waals surface area contributed by atoms with Crippen molar-refractivity contribution < 1.29 is 14.1 Å². The summed E-state index contributed by atoms with van der Waals surface area (Å²) in [6, 6.07) is 8.64. The Morgan fingerprint density at radius 1 is 1.39 bits per heavy atom. The van der Waals surface area contributed by atoms with Crippen LogP contribution in [0.3, 0.4) is 0 Å². The van der Waals surface area contributed by atoms with Crippen molar-refractivity contribution in [2.24, 2.45) is 0 Å². The van der Waals surface area contributed by atoms with Crippen molar-refractivity contribution in [1.82, 2.24) is 15.4 Å². The average Bonchev–Trinajstić information content (AvgIpc) is 3.08. The Balaban J connectivity index is 1.83. The minimum absolute atomic E-state index is 0.147. The maximum atomic E-state index is 12.4. The second kappa shape index (κ2) is 7.12. The topological polar surface area (TPSA) is 67.6 Å². The molecule has 0 saturated carbocycles. The number of rotatable bonds is 4. The number of carbonyl (C=O) groups is 1. The summed E-state index contributed by atoms with van der Waals surface area (Å²) in [5.41, 5.74) is 1.18. The summed E-state index contributed by atoms with van der Waals surface area (Å²) >= 11 is 5.96. The predicted molar refractivity (Wildman–Crippen MR) is 85.4 cm³/mol. The fourth-order valence-corrected chi connectivity index (χ4v) is 2.74. The van der Waals surface area contributed by atoms with Crippen LogP contribution in [0.5, 0.6) is 0 Å². The second-order valence-electron chi connectivity index (χ2n) is 5.56. The molecule has 1 amide bonds. The number of aromatic nitrogens is 1. The molecular weight excluding hydrogens is 318 g/mol. The number of carbonyl (C=O) groups excluding carboxylic acids is 1. The van der Waals surface area contributed by atoms with E-state index in [1.165, 1.54) is 12.3 Å². The zero-order valence-electron chi connectivity index (χ0n) is 12.7. The molecule has 1 aliphatic heterocycles. The van der Waals surface area contributed by atoms with E-state index in [0.29, 0.717) is 11.6 Å². The molecule has 0 spiro atoms. The summed E-state index contributed by atoms with van der Waals surface area (Å²) < 4.78 is 10.6. The molecule has 1 N–H and O–H groups in total. The Labute approximate surface area is 139 Å². The predicted octanol–water partition coefficient (Wildman–Crippen LogP) is 2.13. The molecule has 23 heavy (non-hydrogen) atoms. The van der Waals surface area contributed by atoms with Crippen molar-refractivity contribution in [3.63, 3.8) is 0 Å². The number of benzene rings is 1. The number of likely N-dealkylation sites (N-methyl/N-ethyl adjacent to an activating group) is 1. The molecule has 1 aromatic heterocycles. The minimum atomic E-state index is -0.296. The van der Waals surface area contributed by atoms with E-state index < -0.39 is 0 Å². The van der Waals surface area contributed by atoms with Gasteiger partial charge in [-0.1, -0.05) is 28.9 Å². The number of halogens is 1. The van der Waals surface area contributed by atoms with Gasteiger partial charge in [-0.25, -0.2) is 0 Å². The van der Waals surface area contributed by atoms with Gasteiger partial charge in [0.25, 0.3) is 5.91 Å². The fourth-order valence-electron chi connectivity index (χ4n) is 2.62. The maximum absolute atomic E-state index is 12.4. The average molecular weight is 336 g/mol. The van der Waals surface area contributed by atoms with Gasteiger partial charge in [0.1, 0.15) is 6.26 Å². The summed E-state index contributed by atoms with van der Waals surface area (Å²) in [5, 5.41) is 7.32. The molecule has 2 heterocycles. The molecule has 2 atom stereocenters. The molecule has 3 rings (SSSR count). The summed E-state index contributed by atoms with van der Waals surface area (Å²) in [5.74, 6) is -0.296. The highest BCUT2D eigenvalue weighted by Gasteiger charge is 2.30. The molecule has 7 heteroatoms. The normalized spacial score (nSPS) is 20.2. The van der Waals surface area contributed by atoms with Crippen LogP contribution in [-0.2, 0) is 4.74 Å². The summed E-state index contributed by atoms with van der Waals surface area (Å²) in [7, 11) is 2.04.